The minimum Gasteiger partial charge on any atom is -0.467 e. The van der Waals surface area contributed by atoms with Gasteiger partial charge in [-0.2, -0.15) is 0 Å². The minimum atomic E-state index is 0.208. The minimum absolute atomic E-state index is 0.208. The van der Waals surface area contributed by atoms with Crippen molar-refractivity contribution in [3.63, 3.8) is 0 Å². The standard InChI is InChI=1S/C17H24N2OS/c1-12-4-5-14-10-15(6-7-17(14,3)13(12)2)20-16(21)19-9-8-18-11-19/h5,8-9,11-13,15H,4,6-7,10H2,1-3H3/t12?,13?,15-,17+/m0/s1. The molecule has 3 nitrogen and oxygen atoms in total. The molecular weight excluding hydrogens is 280 g/mol. The molecule has 0 aliphatic heterocycles. The van der Waals surface area contributed by atoms with Gasteiger partial charge in [0.2, 0.25) is 0 Å². The Balaban J connectivity index is 1.69. The molecule has 2 aliphatic rings. The number of nitrogens with zero attached hydrogens (tertiary/aromatic N) is 2. The summed E-state index contributed by atoms with van der Waals surface area (Å²) in [6, 6.07) is 0. The van der Waals surface area contributed by atoms with E-state index in [9.17, 15) is 0 Å². The van der Waals surface area contributed by atoms with Crippen LogP contribution in [0.4, 0.5) is 0 Å². The van der Waals surface area contributed by atoms with Crippen molar-refractivity contribution in [1.82, 2.24) is 9.55 Å². The van der Waals surface area contributed by atoms with Gasteiger partial charge in [-0.05, 0) is 48.7 Å². The van der Waals surface area contributed by atoms with E-state index in [0.29, 0.717) is 10.6 Å². The molecule has 1 fully saturated rings. The van der Waals surface area contributed by atoms with Crippen molar-refractivity contribution in [2.45, 2.75) is 52.6 Å². The van der Waals surface area contributed by atoms with Gasteiger partial charge < -0.3 is 4.74 Å². The molecule has 0 aromatic carbocycles. The van der Waals surface area contributed by atoms with Gasteiger partial charge in [-0.25, -0.2) is 4.98 Å². The molecule has 2 aliphatic carbocycles. The molecule has 4 atom stereocenters. The molecule has 0 spiro atoms. The molecule has 0 amide bonds. The lowest BCUT2D eigenvalue weighted by Gasteiger charge is -2.48. The predicted molar refractivity (Wildman–Crippen MR) is 88.1 cm³/mol. The highest BCUT2D eigenvalue weighted by molar-refractivity contribution is 7.80. The van der Waals surface area contributed by atoms with Gasteiger partial charge in [0.15, 0.2) is 0 Å². The topological polar surface area (TPSA) is 27.1 Å². The second-order valence-corrected chi connectivity index (χ2v) is 7.22. The normalized spacial score (nSPS) is 35.8. The van der Waals surface area contributed by atoms with Gasteiger partial charge in [0, 0.05) is 18.8 Å². The molecule has 0 bridgehead atoms. The fourth-order valence-electron chi connectivity index (χ4n) is 3.87. The average molecular weight is 304 g/mol. The van der Waals surface area contributed by atoms with Crippen LogP contribution in [0.1, 0.15) is 46.5 Å². The molecule has 114 valence electrons. The second kappa shape index (κ2) is 5.56. The van der Waals surface area contributed by atoms with E-state index in [0.717, 1.165) is 24.7 Å². The van der Waals surface area contributed by atoms with Gasteiger partial charge >= 0.3 is 0 Å². The maximum absolute atomic E-state index is 6.01. The fourth-order valence-corrected chi connectivity index (χ4v) is 4.11. The molecule has 4 heteroatoms. The van der Waals surface area contributed by atoms with Gasteiger partial charge in [0.25, 0.3) is 5.17 Å². The Morgan fingerprint density at radius 3 is 3.00 bits per heavy atom. The van der Waals surface area contributed by atoms with Crippen molar-refractivity contribution in [3.8, 4) is 0 Å². The average Bonchev–Trinajstić information content (AvgIpc) is 2.99. The maximum Gasteiger partial charge on any atom is 0.269 e. The third kappa shape index (κ3) is 2.66. The van der Waals surface area contributed by atoms with Crippen LogP contribution in [-0.4, -0.2) is 20.8 Å². The lowest BCUT2D eigenvalue weighted by Crippen LogP contribution is -2.41. The van der Waals surface area contributed by atoms with E-state index in [2.05, 4.69) is 31.8 Å². The van der Waals surface area contributed by atoms with Crippen molar-refractivity contribution < 1.29 is 4.74 Å². The molecular formula is C17H24N2OS. The van der Waals surface area contributed by atoms with Crippen LogP contribution in [-0.2, 0) is 4.74 Å². The first-order chi connectivity index (χ1) is 10.0. The highest BCUT2D eigenvalue weighted by atomic mass is 32.1. The molecule has 0 saturated heterocycles. The number of hydrogen-bond acceptors (Lipinski definition) is 3. The quantitative estimate of drug-likeness (QED) is 0.575. The molecule has 0 radical (unpaired) electrons. The van der Waals surface area contributed by atoms with Crippen LogP contribution in [0.2, 0.25) is 0 Å². The van der Waals surface area contributed by atoms with Crippen LogP contribution >= 0.6 is 12.2 Å². The molecule has 1 aromatic rings. The van der Waals surface area contributed by atoms with Crippen LogP contribution < -0.4 is 0 Å². The zero-order chi connectivity index (χ0) is 15.0. The number of ether oxygens (including phenoxy) is 1. The summed E-state index contributed by atoms with van der Waals surface area (Å²) in [5.74, 6) is 1.53. The summed E-state index contributed by atoms with van der Waals surface area (Å²) in [5, 5.41) is 0.513. The van der Waals surface area contributed by atoms with E-state index in [1.807, 2.05) is 6.20 Å². The number of allylic oxidation sites excluding steroid dienone is 1. The number of fused-ring (bicyclic) bond motifs is 1. The predicted octanol–water partition coefficient (Wildman–Crippen LogP) is 4.19. The molecule has 2 unspecified atom stereocenters. The number of thiocarbonyl (C=S) groups is 1. The summed E-state index contributed by atoms with van der Waals surface area (Å²) >= 11 is 5.35. The fraction of sp³-hybridized carbons (Fsp3) is 0.647. The van der Waals surface area contributed by atoms with Gasteiger partial charge in [-0.15, -0.1) is 0 Å². The van der Waals surface area contributed by atoms with E-state index >= 15 is 0 Å². The monoisotopic (exact) mass is 304 g/mol. The SMILES string of the molecule is CC1CC=C2C[C@@H](OC(=S)n3ccnc3)CC[C@]2(C)C1C. The van der Waals surface area contributed by atoms with E-state index < -0.39 is 0 Å². The summed E-state index contributed by atoms with van der Waals surface area (Å²) < 4.78 is 7.77. The number of imidazole rings is 1. The molecule has 3 rings (SSSR count). The third-order valence-electron chi connectivity index (χ3n) is 5.74. The van der Waals surface area contributed by atoms with Crippen molar-refractivity contribution in [3.05, 3.63) is 30.4 Å². The van der Waals surface area contributed by atoms with Crippen molar-refractivity contribution >= 4 is 17.4 Å². The first-order valence-electron chi connectivity index (χ1n) is 7.89. The number of rotatable bonds is 1. The van der Waals surface area contributed by atoms with Gasteiger partial charge in [-0.3, -0.25) is 4.57 Å². The molecule has 21 heavy (non-hydrogen) atoms. The second-order valence-electron chi connectivity index (χ2n) is 6.87. The van der Waals surface area contributed by atoms with Gasteiger partial charge in [0.05, 0.1) is 0 Å². The summed E-state index contributed by atoms with van der Waals surface area (Å²) in [4.78, 5) is 4.02. The molecule has 0 N–H and O–H groups in total. The Bertz CT molecular complexity index is 551. The third-order valence-corrected chi connectivity index (χ3v) is 6.05. The van der Waals surface area contributed by atoms with E-state index in [-0.39, 0.29) is 6.10 Å². The molecule has 1 aromatic heterocycles. The Labute approximate surface area is 132 Å². The smallest absolute Gasteiger partial charge is 0.269 e. The first kappa shape index (κ1) is 14.8. The summed E-state index contributed by atoms with van der Waals surface area (Å²) in [5.41, 5.74) is 1.94. The van der Waals surface area contributed by atoms with Crippen molar-refractivity contribution in [2.24, 2.45) is 17.3 Å². The highest BCUT2D eigenvalue weighted by Crippen LogP contribution is 2.52. The summed E-state index contributed by atoms with van der Waals surface area (Å²) in [7, 11) is 0. The lowest BCUT2D eigenvalue weighted by atomic mass is 9.57. The Hall–Kier alpha value is -1.16. The van der Waals surface area contributed by atoms with Crippen LogP contribution in [0.25, 0.3) is 0 Å². The Kier molecular flexibility index (Phi) is 3.91. The van der Waals surface area contributed by atoms with Crippen molar-refractivity contribution in [2.75, 3.05) is 0 Å². The van der Waals surface area contributed by atoms with Gasteiger partial charge in [-0.1, -0.05) is 32.4 Å². The maximum atomic E-state index is 6.01. The van der Waals surface area contributed by atoms with Crippen LogP contribution in [0.5, 0.6) is 0 Å². The van der Waals surface area contributed by atoms with Gasteiger partial charge in [0.1, 0.15) is 12.4 Å². The van der Waals surface area contributed by atoms with E-state index in [4.69, 9.17) is 17.0 Å². The molecule has 1 saturated carbocycles. The Morgan fingerprint density at radius 2 is 2.29 bits per heavy atom. The zero-order valence-electron chi connectivity index (χ0n) is 13.1. The zero-order valence-corrected chi connectivity index (χ0v) is 13.9. The van der Waals surface area contributed by atoms with E-state index in [1.54, 1.807) is 22.7 Å². The first-order valence-corrected chi connectivity index (χ1v) is 8.30. The summed E-state index contributed by atoms with van der Waals surface area (Å²) in [6.45, 7) is 7.22. The van der Waals surface area contributed by atoms with Crippen LogP contribution in [0.15, 0.2) is 30.4 Å². The van der Waals surface area contributed by atoms with Crippen LogP contribution in [0, 0.1) is 17.3 Å². The van der Waals surface area contributed by atoms with Crippen LogP contribution in [0.3, 0.4) is 0 Å². The number of hydrogen-bond donors (Lipinski definition) is 0. The number of aromatic nitrogens is 2. The highest BCUT2D eigenvalue weighted by Gasteiger charge is 2.44. The largest absolute Gasteiger partial charge is 0.467 e. The van der Waals surface area contributed by atoms with Crippen molar-refractivity contribution in [1.29, 1.82) is 0 Å². The molecule has 1 heterocycles. The van der Waals surface area contributed by atoms with E-state index in [1.165, 1.54) is 12.8 Å². The lowest BCUT2D eigenvalue weighted by molar-refractivity contribution is 0.0692. The Morgan fingerprint density at radius 1 is 1.48 bits per heavy atom. The summed E-state index contributed by atoms with van der Waals surface area (Å²) in [6.07, 6.45) is 12.4.